The summed E-state index contributed by atoms with van der Waals surface area (Å²) in [6.07, 6.45) is 3.37. The predicted molar refractivity (Wildman–Crippen MR) is 160 cm³/mol. The standard InChI is InChI=1S/C32H37N3O5S/c1-5-41(37,38)35-29-15-14-28(39-27-12-10-26(11-13-27)34-31(36)40-32(2,3)4)18-25(29)19-30(35)23-9-8-22-7-6-21(20-33)16-24(22)17-23/h6-9,14-18,26-27,30H,5,10-13,19H2,1-4H3,(H,34,36). The van der Waals surface area contributed by atoms with Gasteiger partial charge in [-0.3, -0.25) is 4.31 Å². The minimum atomic E-state index is -3.55. The number of sulfonamides is 1. The Hall–Kier alpha value is -3.77. The first-order chi connectivity index (χ1) is 19.5. The first kappa shape index (κ1) is 28.7. The van der Waals surface area contributed by atoms with Crippen LogP contribution in [0.15, 0.2) is 54.6 Å². The van der Waals surface area contributed by atoms with E-state index in [4.69, 9.17) is 9.47 Å². The minimum absolute atomic E-state index is 0.00603. The topological polar surface area (TPSA) is 109 Å². The SMILES string of the molecule is CCS(=O)(=O)N1c2ccc(OC3CCC(NC(=O)OC(C)(C)C)CC3)cc2CC1c1ccc2ccc(C#N)cc2c1. The molecule has 3 aromatic rings. The van der Waals surface area contributed by atoms with Crippen LogP contribution in [-0.2, 0) is 21.2 Å². The lowest BCUT2D eigenvalue weighted by Crippen LogP contribution is -2.42. The lowest BCUT2D eigenvalue weighted by atomic mass is 9.93. The quantitative estimate of drug-likeness (QED) is 0.365. The van der Waals surface area contributed by atoms with Crippen LogP contribution in [0.2, 0.25) is 0 Å². The van der Waals surface area contributed by atoms with Gasteiger partial charge in [-0.05, 0) is 112 Å². The molecule has 0 aromatic heterocycles. The minimum Gasteiger partial charge on any atom is -0.490 e. The molecule has 1 fully saturated rings. The molecule has 1 atom stereocenters. The van der Waals surface area contributed by atoms with Gasteiger partial charge in [0.1, 0.15) is 11.4 Å². The first-order valence-electron chi connectivity index (χ1n) is 14.2. The molecule has 0 spiro atoms. The molecule has 41 heavy (non-hydrogen) atoms. The highest BCUT2D eigenvalue weighted by molar-refractivity contribution is 7.92. The molecule has 216 valence electrons. The van der Waals surface area contributed by atoms with E-state index in [-0.39, 0.29) is 23.9 Å². The Balaban J connectivity index is 1.32. The van der Waals surface area contributed by atoms with Gasteiger partial charge in [-0.25, -0.2) is 13.2 Å². The number of hydrogen-bond donors (Lipinski definition) is 1. The third kappa shape index (κ3) is 6.43. The fraction of sp³-hybridized carbons (Fsp3) is 0.438. The van der Waals surface area contributed by atoms with Gasteiger partial charge >= 0.3 is 6.09 Å². The van der Waals surface area contributed by atoms with Crippen molar-refractivity contribution in [2.45, 2.75) is 83.6 Å². The third-order valence-corrected chi connectivity index (χ3v) is 9.51. The van der Waals surface area contributed by atoms with Crippen LogP contribution in [0.25, 0.3) is 10.8 Å². The number of ether oxygens (including phenoxy) is 2. The van der Waals surface area contributed by atoms with Crippen LogP contribution in [0, 0.1) is 11.3 Å². The fourth-order valence-corrected chi connectivity index (χ4v) is 7.08. The molecule has 1 heterocycles. The number of benzene rings is 3. The lowest BCUT2D eigenvalue weighted by Gasteiger charge is -2.30. The van der Waals surface area contributed by atoms with Crippen molar-refractivity contribution in [3.63, 3.8) is 0 Å². The van der Waals surface area contributed by atoms with Gasteiger partial charge in [0.2, 0.25) is 10.0 Å². The number of hydrogen-bond acceptors (Lipinski definition) is 6. The summed E-state index contributed by atoms with van der Waals surface area (Å²) in [4.78, 5) is 12.1. The van der Waals surface area contributed by atoms with E-state index in [0.717, 1.165) is 53.3 Å². The maximum absolute atomic E-state index is 13.3. The van der Waals surface area contributed by atoms with Crippen molar-refractivity contribution in [3.8, 4) is 11.8 Å². The van der Waals surface area contributed by atoms with E-state index in [0.29, 0.717) is 17.7 Å². The highest BCUT2D eigenvalue weighted by atomic mass is 32.2. The van der Waals surface area contributed by atoms with E-state index in [1.807, 2.05) is 69.3 Å². The molecule has 9 heteroatoms. The van der Waals surface area contributed by atoms with Crippen LogP contribution < -0.4 is 14.4 Å². The van der Waals surface area contributed by atoms with Crippen molar-refractivity contribution in [2.24, 2.45) is 0 Å². The molecule has 1 amide bonds. The molecular weight excluding hydrogens is 538 g/mol. The summed E-state index contributed by atoms with van der Waals surface area (Å²) < 4.78 is 39.9. The van der Waals surface area contributed by atoms with Gasteiger partial charge in [-0.2, -0.15) is 5.26 Å². The van der Waals surface area contributed by atoms with Crippen LogP contribution in [-0.4, -0.2) is 38.0 Å². The molecule has 1 aliphatic carbocycles. The highest BCUT2D eigenvalue weighted by Crippen LogP contribution is 2.44. The predicted octanol–water partition coefficient (Wildman–Crippen LogP) is 6.38. The first-order valence-corrected chi connectivity index (χ1v) is 15.8. The zero-order valence-electron chi connectivity index (χ0n) is 24.0. The highest BCUT2D eigenvalue weighted by Gasteiger charge is 2.38. The number of nitrogens with one attached hydrogen (secondary N) is 1. The Labute approximate surface area is 242 Å². The molecule has 1 N–H and O–H groups in total. The number of amides is 1. The van der Waals surface area contributed by atoms with Crippen LogP contribution in [0.3, 0.4) is 0 Å². The molecule has 1 unspecified atom stereocenters. The van der Waals surface area contributed by atoms with E-state index >= 15 is 0 Å². The largest absolute Gasteiger partial charge is 0.490 e. The van der Waals surface area contributed by atoms with Gasteiger partial charge in [0.25, 0.3) is 0 Å². The Kier molecular flexibility index (Phi) is 7.89. The number of alkyl carbamates (subject to hydrolysis) is 1. The maximum atomic E-state index is 13.3. The van der Waals surface area contributed by atoms with Crippen LogP contribution in [0.1, 0.15) is 76.1 Å². The molecule has 0 bridgehead atoms. The number of rotatable bonds is 6. The maximum Gasteiger partial charge on any atom is 0.407 e. The molecule has 0 saturated heterocycles. The van der Waals surface area contributed by atoms with Crippen LogP contribution in [0.5, 0.6) is 5.75 Å². The van der Waals surface area contributed by atoms with Crippen molar-refractivity contribution in [2.75, 3.05) is 10.1 Å². The van der Waals surface area contributed by atoms with Gasteiger partial charge in [-0.1, -0.05) is 18.2 Å². The Bertz CT molecular complexity index is 1600. The molecule has 2 aliphatic rings. The van der Waals surface area contributed by atoms with Crippen LogP contribution >= 0.6 is 0 Å². The van der Waals surface area contributed by atoms with Gasteiger partial charge in [-0.15, -0.1) is 0 Å². The second-order valence-electron chi connectivity index (χ2n) is 11.9. The number of carbonyl (C=O) groups is 1. The third-order valence-electron chi connectivity index (χ3n) is 7.73. The second-order valence-corrected chi connectivity index (χ2v) is 14.0. The molecular formula is C32H37N3O5S. The zero-order valence-corrected chi connectivity index (χ0v) is 24.8. The Morgan fingerprint density at radius 1 is 1.02 bits per heavy atom. The van der Waals surface area contributed by atoms with Crippen molar-refractivity contribution in [1.82, 2.24) is 5.32 Å². The van der Waals surface area contributed by atoms with E-state index in [2.05, 4.69) is 11.4 Å². The average molecular weight is 576 g/mol. The molecule has 3 aromatic carbocycles. The normalized spacial score (nSPS) is 20.8. The molecule has 8 nitrogen and oxygen atoms in total. The summed E-state index contributed by atoms with van der Waals surface area (Å²) in [6.45, 7) is 7.20. The monoisotopic (exact) mass is 575 g/mol. The molecule has 1 aliphatic heterocycles. The van der Waals surface area contributed by atoms with Gasteiger partial charge in [0.05, 0.1) is 35.2 Å². The smallest absolute Gasteiger partial charge is 0.407 e. The summed E-state index contributed by atoms with van der Waals surface area (Å²) in [6, 6.07) is 19.0. The lowest BCUT2D eigenvalue weighted by molar-refractivity contribution is 0.0471. The molecule has 5 rings (SSSR count). The van der Waals surface area contributed by atoms with Crippen molar-refractivity contribution in [3.05, 3.63) is 71.3 Å². The van der Waals surface area contributed by atoms with E-state index in [1.165, 1.54) is 0 Å². The number of fused-ring (bicyclic) bond motifs is 2. The fourth-order valence-electron chi connectivity index (χ4n) is 5.74. The molecule has 1 saturated carbocycles. The summed E-state index contributed by atoms with van der Waals surface area (Å²) in [5, 5.41) is 14.2. The van der Waals surface area contributed by atoms with E-state index < -0.39 is 21.7 Å². The van der Waals surface area contributed by atoms with Gasteiger partial charge in [0.15, 0.2) is 0 Å². The summed E-state index contributed by atoms with van der Waals surface area (Å²) in [5.74, 6) is 0.715. The van der Waals surface area contributed by atoms with E-state index in [9.17, 15) is 18.5 Å². The average Bonchev–Trinajstić information content (AvgIpc) is 3.32. The summed E-state index contributed by atoms with van der Waals surface area (Å²) in [7, 11) is -3.55. The van der Waals surface area contributed by atoms with E-state index in [1.54, 1.807) is 17.3 Å². The summed E-state index contributed by atoms with van der Waals surface area (Å²) >= 11 is 0. The van der Waals surface area contributed by atoms with Gasteiger partial charge in [0, 0.05) is 12.5 Å². The van der Waals surface area contributed by atoms with Gasteiger partial charge < -0.3 is 14.8 Å². The number of carbonyl (C=O) groups excluding carboxylic acids is 1. The Morgan fingerprint density at radius 3 is 2.44 bits per heavy atom. The zero-order chi connectivity index (χ0) is 29.4. The van der Waals surface area contributed by atoms with Crippen molar-refractivity contribution >= 4 is 32.6 Å². The van der Waals surface area contributed by atoms with Crippen molar-refractivity contribution in [1.29, 1.82) is 5.26 Å². The number of nitrogens with zero attached hydrogens (tertiary/aromatic N) is 2. The number of anilines is 1. The van der Waals surface area contributed by atoms with Crippen LogP contribution in [0.4, 0.5) is 10.5 Å². The van der Waals surface area contributed by atoms with Crippen molar-refractivity contribution < 1.29 is 22.7 Å². The Morgan fingerprint density at radius 2 is 1.76 bits per heavy atom. The second kappa shape index (κ2) is 11.2. The molecule has 0 radical (unpaired) electrons. The summed E-state index contributed by atoms with van der Waals surface area (Å²) in [5.41, 5.74) is 2.53. The number of nitriles is 1.